The minimum absolute atomic E-state index is 0.152. The van der Waals surface area contributed by atoms with Gasteiger partial charge in [0.15, 0.2) is 0 Å². The van der Waals surface area contributed by atoms with Gasteiger partial charge in [-0.2, -0.15) is 5.10 Å². The van der Waals surface area contributed by atoms with Gasteiger partial charge in [-0.15, -0.1) is 0 Å². The van der Waals surface area contributed by atoms with Crippen molar-refractivity contribution >= 4 is 10.9 Å². The molecule has 1 aromatic heterocycles. The molecule has 0 radical (unpaired) electrons. The highest BCUT2D eigenvalue weighted by atomic mass is 16.5. The number of aliphatic hydroxyl groups excluding tert-OH is 1. The first-order chi connectivity index (χ1) is 7.81. The number of nitrogens with zero attached hydrogens (tertiary/aromatic N) is 1. The molecule has 1 heterocycles. The highest BCUT2D eigenvalue weighted by molar-refractivity contribution is 5.79. The molecule has 1 saturated carbocycles. The van der Waals surface area contributed by atoms with E-state index in [0.717, 1.165) is 35.9 Å². The van der Waals surface area contributed by atoms with Crippen LogP contribution in [-0.4, -0.2) is 27.5 Å². The number of aromatic amines is 1. The fourth-order valence-electron chi connectivity index (χ4n) is 2.21. The van der Waals surface area contributed by atoms with Crippen molar-refractivity contribution in [3.05, 3.63) is 24.4 Å². The van der Waals surface area contributed by atoms with Crippen molar-refractivity contribution in [2.45, 2.75) is 31.5 Å². The Balaban J connectivity index is 1.78. The third-order valence-corrected chi connectivity index (χ3v) is 3.07. The Morgan fingerprint density at radius 1 is 1.38 bits per heavy atom. The lowest BCUT2D eigenvalue weighted by Gasteiger charge is -2.12. The molecule has 2 atom stereocenters. The van der Waals surface area contributed by atoms with Gasteiger partial charge < -0.3 is 9.84 Å². The predicted molar refractivity (Wildman–Crippen MR) is 60.4 cm³/mol. The van der Waals surface area contributed by atoms with Gasteiger partial charge in [0.25, 0.3) is 0 Å². The minimum atomic E-state index is -0.192. The first-order valence-corrected chi connectivity index (χ1v) is 5.59. The molecule has 84 valence electrons. The highest BCUT2D eigenvalue weighted by Gasteiger charge is 2.24. The van der Waals surface area contributed by atoms with Gasteiger partial charge in [-0.25, -0.2) is 0 Å². The largest absolute Gasteiger partial charge is 0.490 e. The Hall–Kier alpha value is -1.55. The summed E-state index contributed by atoms with van der Waals surface area (Å²) in [4.78, 5) is 0. The molecule has 0 unspecified atom stereocenters. The molecule has 2 N–H and O–H groups in total. The fraction of sp³-hybridized carbons (Fsp3) is 0.417. The van der Waals surface area contributed by atoms with Crippen LogP contribution >= 0.6 is 0 Å². The van der Waals surface area contributed by atoms with Crippen LogP contribution in [0.5, 0.6) is 5.75 Å². The fourth-order valence-corrected chi connectivity index (χ4v) is 2.21. The summed E-state index contributed by atoms with van der Waals surface area (Å²) in [5.74, 6) is 0.855. The second-order valence-corrected chi connectivity index (χ2v) is 4.33. The van der Waals surface area contributed by atoms with E-state index in [2.05, 4.69) is 10.2 Å². The number of nitrogens with one attached hydrogen (secondary N) is 1. The van der Waals surface area contributed by atoms with Crippen LogP contribution in [0.2, 0.25) is 0 Å². The maximum absolute atomic E-state index is 9.42. The summed E-state index contributed by atoms with van der Waals surface area (Å²) in [6, 6.07) is 5.87. The van der Waals surface area contributed by atoms with Gasteiger partial charge >= 0.3 is 0 Å². The summed E-state index contributed by atoms with van der Waals surface area (Å²) in [5.41, 5.74) is 1.01. The molecule has 0 saturated heterocycles. The molecular formula is C12H14N2O2. The Morgan fingerprint density at radius 3 is 3.12 bits per heavy atom. The number of hydrogen-bond donors (Lipinski definition) is 2. The van der Waals surface area contributed by atoms with E-state index in [1.165, 1.54) is 0 Å². The van der Waals surface area contributed by atoms with Crippen LogP contribution < -0.4 is 4.74 Å². The normalized spacial score (nSPS) is 25.1. The predicted octanol–water partition coefficient (Wildman–Crippen LogP) is 1.86. The molecule has 0 aliphatic heterocycles. The number of ether oxygens (including phenoxy) is 1. The van der Waals surface area contributed by atoms with Crippen LogP contribution in [0.4, 0.5) is 0 Å². The van der Waals surface area contributed by atoms with Crippen molar-refractivity contribution in [3.63, 3.8) is 0 Å². The van der Waals surface area contributed by atoms with E-state index in [-0.39, 0.29) is 12.2 Å². The molecule has 1 aliphatic rings. The number of fused-ring (bicyclic) bond motifs is 1. The zero-order valence-electron chi connectivity index (χ0n) is 8.89. The average Bonchev–Trinajstić information content (AvgIpc) is 2.87. The number of rotatable bonds is 2. The zero-order chi connectivity index (χ0) is 11.0. The number of aliphatic hydroxyl groups is 1. The standard InChI is InChI=1S/C12H14N2O2/c15-9-1-2-11(6-9)16-10-3-4-12-8(5-10)7-13-14-12/h3-5,7,9,11,15H,1-2,6H2,(H,13,14)/t9-,11+/m0/s1. The SMILES string of the molecule is O[C@H]1CC[C@@H](Oc2ccc3[nH]ncc3c2)C1. The topological polar surface area (TPSA) is 58.1 Å². The van der Waals surface area contributed by atoms with Crippen molar-refractivity contribution in [1.82, 2.24) is 10.2 Å². The molecule has 2 aromatic rings. The van der Waals surface area contributed by atoms with Crippen molar-refractivity contribution in [1.29, 1.82) is 0 Å². The second kappa shape index (κ2) is 3.79. The molecule has 16 heavy (non-hydrogen) atoms. The van der Waals surface area contributed by atoms with E-state index in [1.54, 1.807) is 6.20 Å². The monoisotopic (exact) mass is 218 g/mol. The number of aromatic nitrogens is 2. The Morgan fingerprint density at radius 2 is 2.31 bits per heavy atom. The van der Waals surface area contributed by atoms with Crippen LogP contribution in [0.1, 0.15) is 19.3 Å². The summed E-state index contributed by atoms with van der Waals surface area (Å²) in [5, 5.41) is 17.3. The van der Waals surface area contributed by atoms with Crippen molar-refractivity contribution in [3.8, 4) is 5.75 Å². The van der Waals surface area contributed by atoms with Gasteiger partial charge in [-0.3, -0.25) is 5.10 Å². The average molecular weight is 218 g/mol. The Bertz CT molecular complexity index is 494. The molecule has 1 aliphatic carbocycles. The van der Waals surface area contributed by atoms with Gasteiger partial charge in [0.2, 0.25) is 0 Å². The van der Waals surface area contributed by atoms with Crippen molar-refractivity contribution < 1.29 is 9.84 Å². The van der Waals surface area contributed by atoms with Crippen LogP contribution in [-0.2, 0) is 0 Å². The molecule has 0 bridgehead atoms. The minimum Gasteiger partial charge on any atom is -0.490 e. The van der Waals surface area contributed by atoms with Gasteiger partial charge in [0.05, 0.1) is 17.8 Å². The van der Waals surface area contributed by atoms with Crippen LogP contribution in [0.3, 0.4) is 0 Å². The lowest BCUT2D eigenvalue weighted by atomic mass is 10.2. The van der Waals surface area contributed by atoms with E-state index in [1.807, 2.05) is 18.2 Å². The molecule has 0 amide bonds. The Labute approximate surface area is 93.2 Å². The lowest BCUT2D eigenvalue weighted by molar-refractivity contribution is 0.150. The summed E-state index contributed by atoms with van der Waals surface area (Å²) in [6.45, 7) is 0. The van der Waals surface area contributed by atoms with E-state index in [9.17, 15) is 5.11 Å². The smallest absolute Gasteiger partial charge is 0.120 e. The van der Waals surface area contributed by atoms with Crippen molar-refractivity contribution in [2.75, 3.05) is 0 Å². The van der Waals surface area contributed by atoms with Gasteiger partial charge in [-0.05, 0) is 31.0 Å². The van der Waals surface area contributed by atoms with Crippen LogP contribution in [0.25, 0.3) is 10.9 Å². The summed E-state index contributed by atoms with van der Waals surface area (Å²) in [7, 11) is 0. The molecular weight excluding hydrogens is 204 g/mol. The van der Waals surface area contributed by atoms with E-state index in [4.69, 9.17) is 4.74 Å². The Kier molecular flexibility index (Phi) is 2.29. The maximum atomic E-state index is 9.42. The maximum Gasteiger partial charge on any atom is 0.120 e. The van der Waals surface area contributed by atoms with Crippen LogP contribution in [0, 0.1) is 0 Å². The molecule has 4 heteroatoms. The number of benzene rings is 1. The first kappa shape index (κ1) is 9.66. The van der Waals surface area contributed by atoms with Crippen LogP contribution in [0.15, 0.2) is 24.4 Å². The van der Waals surface area contributed by atoms with Gasteiger partial charge in [-0.1, -0.05) is 0 Å². The summed E-state index contributed by atoms with van der Waals surface area (Å²) >= 11 is 0. The van der Waals surface area contributed by atoms with E-state index < -0.39 is 0 Å². The molecule has 3 rings (SSSR count). The van der Waals surface area contributed by atoms with Gasteiger partial charge in [0.1, 0.15) is 11.9 Å². The quantitative estimate of drug-likeness (QED) is 0.808. The summed E-state index contributed by atoms with van der Waals surface area (Å²) in [6.07, 6.45) is 4.26. The molecule has 1 aromatic carbocycles. The second-order valence-electron chi connectivity index (χ2n) is 4.33. The van der Waals surface area contributed by atoms with E-state index in [0.29, 0.717) is 0 Å². The summed E-state index contributed by atoms with van der Waals surface area (Å²) < 4.78 is 5.82. The molecule has 0 spiro atoms. The van der Waals surface area contributed by atoms with Crippen molar-refractivity contribution in [2.24, 2.45) is 0 Å². The number of H-pyrrole nitrogens is 1. The number of hydrogen-bond acceptors (Lipinski definition) is 3. The third-order valence-electron chi connectivity index (χ3n) is 3.07. The third kappa shape index (κ3) is 1.76. The van der Waals surface area contributed by atoms with E-state index >= 15 is 0 Å². The highest BCUT2D eigenvalue weighted by Crippen LogP contribution is 2.26. The van der Waals surface area contributed by atoms with Gasteiger partial charge in [0, 0.05) is 11.8 Å². The first-order valence-electron chi connectivity index (χ1n) is 5.59. The zero-order valence-corrected chi connectivity index (χ0v) is 8.89. The lowest BCUT2D eigenvalue weighted by Crippen LogP contribution is -2.13. The molecule has 1 fully saturated rings. The molecule has 4 nitrogen and oxygen atoms in total.